The maximum absolute atomic E-state index is 13.0. The van der Waals surface area contributed by atoms with Gasteiger partial charge >= 0.3 is 0 Å². The first-order valence-corrected chi connectivity index (χ1v) is 12.5. The van der Waals surface area contributed by atoms with Gasteiger partial charge in [0.2, 0.25) is 15.9 Å². The molecule has 1 heterocycles. The number of carbonyl (C=O) groups is 1. The van der Waals surface area contributed by atoms with Crippen molar-refractivity contribution < 1.29 is 17.9 Å². The number of carbonyl (C=O) groups excluding carboxylic acids is 1. The Balaban J connectivity index is 1.34. The zero-order chi connectivity index (χ0) is 23.3. The van der Waals surface area contributed by atoms with Gasteiger partial charge < -0.3 is 10.1 Å². The van der Waals surface area contributed by atoms with E-state index in [4.69, 9.17) is 4.74 Å². The Bertz CT molecular complexity index is 1180. The summed E-state index contributed by atoms with van der Waals surface area (Å²) in [6.45, 7) is 2.99. The normalized spacial score (nSPS) is 16.8. The average Bonchev–Trinajstić information content (AvgIpc) is 2.84. The molecule has 6 nitrogen and oxygen atoms in total. The van der Waals surface area contributed by atoms with Crippen molar-refractivity contribution in [3.63, 3.8) is 0 Å². The lowest BCUT2D eigenvalue weighted by molar-refractivity contribution is -0.120. The van der Waals surface area contributed by atoms with Crippen LogP contribution in [0.2, 0.25) is 0 Å². The number of nitrogens with zero attached hydrogens (tertiary/aromatic N) is 1. The first kappa shape index (κ1) is 23.0. The van der Waals surface area contributed by atoms with Crippen LogP contribution >= 0.6 is 0 Å². The SMILES string of the molecule is Cc1ccc(S(=O)(=O)N2CCC[C@@H](C(=O)Nc3ccc(OCc4ccccc4)cc3)C2)cc1. The smallest absolute Gasteiger partial charge is 0.243 e. The van der Waals surface area contributed by atoms with Gasteiger partial charge in [0.25, 0.3) is 0 Å². The minimum absolute atomic E-state index is 0.170. The largest absolute Gasteiger partial charge is 0.489 e. The molecule has 1 aliphatic rings. The molecule has 1 saturated heterocycles. The number of hydrogen-bond donors (Lipinski definition) is 1. The second kappa shape index (κ2) is 10.2. The van der Waals surface area contributed by atoms with Crippen molar-refractivity contribution in [1.82, 2.24) is 4.31 Å². The topological polar surface area (TPSA) is 75.7 Å². The van der Waals surface area contributed by atoms with E-state index in [-0.39, 0.29) is 17.3 Å². The van der Waals surface area contributed by atoms with E-state index in [1.807, 2.05) is 49.4 Å². The van der Waals surface area contributed by atoms with E-state index in [9.17, 15) is 13.2 Å². The number of aryl methyl sites for hydroxylation is 1. The molecule has 33 heavy (non-hydrogen) atoms. The molecule has 1 N–H and O–H groups in total. The minimum Gasteiger partial charge on any atom is -0.489 e. The molecule has 0 radical (unpaired) electrons. The molecular weight excluding hydrogens is 436 g/mol. The Hall–Kier alpha value is -3.16. The number of hydrogen-bond acceptors (Lipinski definition) is 4. The van der Waals surface area contributed by atoms with Crippen molar-refractivity contribution in [2.45, 2.75) is 31.3 Å². The van der Waals surface area contributed by atoms with Crippen molar-refractivity contribution in [2.24, 2.45) is 5.92 Å². The van der Waals surface area contributed by atoms with Crippen LogP contribution in [0.5, 0.6) is 5.75 Å². The van der Waals surface area contributed by atoms with Gasteiger partial charge in [-0.1, -0.05) is 48.0 Å². The molecule has 7 heteroatoms. The van der Waals surface area contributed by atoms with Crippen LogP contribution in [0, 0.1) is 12.8 Å². The predicted octanol–water partition coefficient (Wildman–Crippen LogP) is 4.61. The third-order valence-electron chi connectivity index (χ3n) is 5.78. The fraction of sp³-hybridized carbons (Fsp3) is 0.269. The fourth-order valence-corrected chi connectivity index (χ4v) is 5.38. The molecule has 3 aromatic rings. The van der Waals surface area contributed by atoms with E-state index >= 15 is 0 Å². The Kier molecular flexibility index (Phi) is 7.11. The second-order valence-corrected chi connectivity index (χ2v) is 10.2. The highest BCUT2D eigenvalue weighted by Crippen LogP contribution is 2.25. The number of amides is 1. The van der Waals surface area contributed by atoms with Crippen molar-refractivity contribution in [3.8, 4) is 5.75 Å². The van der Waals surface area contributed by atoms with Gasteiger partial charge in [0.05, 0.1) is 10.8 Å². The Morgan fingerprint density at radius 2 is 1.70 bits per heavy atom. The number of benzene rings is 3. The summed E-state index contributed by atoms with van der Waals surface area (Å²) < 4.78 is 33.2. The van der Waals surface area contributed by atoms with E-state index in [1.54, 1.807) is 36.4 Å². The van der Waals surface area contributed by atoms with Gasteiger partial charge in [-0.2, -0.15) is 4.31 Å². The monoisotopic (exact) mass is 464 g/mol. The molecule has 0 unspecified atom stereocenters. The molecule has 0 spiro atoms. The highest BCUT2D eigenvalue weighted by Gasteiger charge is 2.33. The van der Waals surface area contributed by atoms with Crippen LogP contribution in [0.25, 0.3) is 0 Å². The van der Waals surface area contributed by atoms with Gasteiger partial charge in [-0.25, -0.2) is 8.42 Å². The summed E-state index contributed by atoms with van der Waals surface area (Å²) >= 11 is 0. The van der Waals surface area contributed by atoms with Crippen LogP contribution in [0.1, 0.15) is 24.0 Å². The van der Waals surface area contributed by atoms with Crippen LogP contribution in [0.4, 0.5) is 5.69 Å². The summed E-state index contributed by atoms with van der Waals surface area (Å²) in [5.74, 6) is 0.148. The molecule has 4 rings (SSSR count). The number of nitrogens with one attached hydrogen (secondary N) is 1. The maximum atomic E-state index is 13.0. The van der Waals surface area contributed by atoms with Crippen molar-refractivity contribution in [1.29, 1.82) is 0 Å². The standard InChI is InChI=1S/C26H28N2O4S/c1-20-9-15-25(16-10-20)33(30,31)28-17-5-8-22(18-28)26(29)27-23-11-13-24(14-12-23)32-19-21-6-3-2-4-7-21/h2-4,6-7,9-16,22H,5,8,17-19H2,1H3,(H,27,29)/t22-/m1/s1. The van der Waals surface area contributed by atoms with Crippen molar-refractivity contribution in [3.05, 3.63) is 90.0 Å². The zero-order valence-corrected chi connectivity index (χ0v) is 19.4. The molecule has 1 atom stereocenters. The Morgan fingerprint density at radius 1 is 1.00 bits per heavy atom. The minimum atomic E-state index is -3.62. The van der Waals surface area contributed by atoms with Gasteiger partial charge in [0, 0.05) is 18.8 Å². The van der Waals surface area contributed by atoms with Crippen LogP contribution in [0.3, 0.4) is 0 Å². The zero-order valence-electron chi connectivity index (χ0n) is 18.6. The fourth-order valence-electron chi connectivity index (χ4n) is 3.85. The third kappa shape index (κ3) is 5.80. The quantitative estimate of drug-likeness (QED) is 0.554. The lowest BCUT2D eigenvalue weighted by Gasteiger charge is -2.31. The summed E-state index contributed by atoms with van der Waals surface area (Å²) in [6, 6.07) is 23.9. The first-order valence-electron chi connectivity index (χ1n) is 11.1. The summed E-state index contributed by atoms with van der Waals surface area (Å²) in [5.41, 5.74) is 2.74. The average molecular weight is 465 g/mol. The van der Waals surface area contributed by atoms with E-state index in [1.165, 1.54) is 4.31 Å². The van der Waals surface area contributed by atoms with E-state index in [0.717, 1.165) is 11.1 Å². The van der Waals surface area contributed by atoms with Gasteiger partial charge in [0.1, 0.15) is 12.4 Å². The number of anilines is 1. The number of ether oxygens (including phenoxy) is 1. The lowest BCUT2D eigenvalue weighted by atomic mass is 9.99. The highest BCUT2D eigenvalue weighted by molar-refractivity contribution is 7.89. The second-order valence-electron chi connectivity index (χ2n) is 8.30. The van der Waals surface area contributed by atoms with Crippen molar-refractivity contribution in [2.75, 3.05) is 18.4 Å². The molecule has 1 fully saturated rings. The van der Waals surface area contributed by atoms with Crippen LogP contribution in [-0.4, -0.2) is 31.7 Å². The van der Waals surface area contributed by atoms with E-state index < -0.39 is 15.9 Å². The number of piperidine rings is 1. The molecule has 1 aliphatic heterocycles. The highest BCUT2D eigenvalue weighted by atomic mass is 32.2. The number of sulfonamides is 1. The van der Waals surface area contributed by atoms with Crippen molar-refractivity contribution >= 4 is 21.6 Å². The van der Waals surface area contributed by atoms with Gasteiger partial charge in [0.15, 0.2) is 0 Å². The summed E-state index contributed by atoms with van der Waals surface area (Å²) in [6.07, 6.45) is 1.31. The first-order chi connectivity index (χ1) is 15.9. The molecule has 1 amide bonds. The molecule has 0 bridgehead atoms. The summed E-state index contributed by atoms with van der Waals surface area (Å²) in [5, 5.41) is 2.92. The summed E-state index contributed by atoms with van der Waals surface area (Å²) in [7, 11) is -3.62. The van der Waals surface area contributed by atoms with Crippen LogP contribution in [0.15, 0.2) is 83.8 Å². The predicted molar refractivity (Wildman–Crippen MR) is 129 cm³/mol. The Labute approximate surface area is 195 Å². The number of rotatable bonds is 7. The van der Waals surface area contributed by atoms with E-state index in [2.05, 4.69) is 5.32 Å². The van der Waals surface area contributed by atoms with Gasteiger partial charge in [-0.15, -0.1) is 0 Å². The maximum Gasteiger partial charge on any atom is 0.243 e. The molecule has 0 aromatic heterocycles. The molecule has 3 aromatic carbocycles. The van der Waals surface area contributed by atoms with Crippen LogP contribution < -0.4 is 10.1 Å². The van der Waals surface area contributed by atoms with Gasteiger partial charge in [-0.3, -0.25) is 4.79 Å². The van der Waals surface area contributed by atoms with E-state index in [0.29, 0.717) is 37.4 Å². The molecule has 0 aliphatic carbocycles. The Morgan fingerprint density at radius 3 is 2.39 bits per heavy atom. The summed E-state index contributed by atoms with van der Waals surface area (Å²) in [4.78, 5) is 13.1. The van der Waals surface area contributed by atoms with Crippen LogP contribution in [-0.2, 0) is 21.4 Å². The lowest BCUT2D eigenvalue weighted by Crippen LogP contribution is -2.43. The third-order valence-corrected chi connectivity index (χ3v) is 7.66. The molecule has 0 saturated carbocycles. The molecular formula is C26H28N2O4S. The molecule has 172 valence electrons. The van der Waals surface area contributed by atoms with Gasteiger partial charge in [-0.05, 0) is 61.7 Å².